The number of hydrogen-bond donors (Lipinski definition) is 1. The van der Waals surface area contributed by atoms with Crippen molar-refractivity contribution in [3.8, 4) is 22.6 Å². The van der Waals surface area contributed by atoms with Gasteiger partial charge >= 0.3 is 0 Å². The summed E-state index contributed by atoms with van der Waals surface area (Å²) in [4.78, 5) is 8.20. The van der Waals surface area contributed by atoms with E-state index in [4.69, 9.17) is 14.1 Å². The lowest BCUT2D eigenvalue weighted by Gasteiger charge is -2.40. The number of furan rings is 1. The Morgan fingerprint density at radius 1 is 0.679 bits per heavy atom. The van der Waals surface area contributed by atoms with Crippen LogP contribution >= 0.6 is 0 Å². The molecule has 0 radical (unpaired) electrons. The van der Waals surface area contributed by atoms with E-state index in [9.17, 15) is 0 Å². The van der Waals surface area contributed by atoms with Crippen molar-refractivity contribution in [3.63, 3.8) is 0 Å². The van der Waals surface area contributed by atoms with E-state index in [1.54, 1.807) is 0 Å². The summed E-state index contributed by atoms with van der Waals surface area (Å²) >= 11 is 0. The fraction of sp³-hybridized carbons (Fsp3) is 0.118. The normalized spacial score (nSPS) is 21.5. The molecule has 3 unspecified atom stereocenters. The minimum Gasteiger partial charge on any atom is -0.457 e. The van der Waals surface area contributed by atoms with Gasteiger partial charge in [0.25, 0.3) is 0 Å². The third kappa shape index (κ3) is 3.87. The number of fused-ring (bicyclic) bond motifs is 15. The van der Waals surface area contributed by atoms with Gasteiger partial charge in [-0.25, -0.2) is 4.99 Å². The molecule has 3 aliphatic heterocycles. The second kappa shape index (κ2) is 11.1. The molecule has 56 heavy (non-hydrogen) atoms. The van der Waals surface area contributed by atoms with E-state index >= 15 is 0 Å². The van der Waals surface area contributed by atoms with Crippen LogP contribution < -0.4 is 15.0 Å². The number of aliphatic imine (C=N–C) groups is 1. The monoisotopic (exact) mass is 721 g/mol. The summed E-state index contributed by atoms with van der Waals surface area (Å²) in [6.45, 7) is 0. The van der Waals surface area contributed by atoms with Crippen molar-refractivity contribution in [2.24, 2.45) is 4.99 Å². The number of anilines is 1. The second-order valence-corrected chi connectivity index (χ2v) is 15.7. The molecule has 4 heterocycles. The number of allylic oxidation sites excluding steroid dienone is 5. The van der Waals surface area contributed by atoms with Gasteiger partial charge in [-0.3, -0.25) is 0 Å². The summed E-state index contributed by atoms with van der Waals surface area (Å²) in [5, 5.41) is 6.30. The Morgan fingerprint density at radius 3 is 2.30 bits per heavy atom. The number of para-hydroxylation sites is 4. The van der Waals surface area contributed by atoms with Gasteiger partial charge in [0.15, 0.2) is 0 Å². The van der Waals surface area contributed by atoms with E-state index < -0.39 is 5.41 Å². The molecular formula is C51H35N3O2. The summed E-state index contributed by atoms with van der Waals surface area (Å²) in [5.41, 5.74) is 14.5. The van der Waals surface area contributed by atoms with E-state index in [1.807, 2.05) is 6.07 Å². The van der Waals surface area contributed by atoms with Crippen LogP contribution in [0.15, 0.2) is 185 Å². The Labute approximate surface area is 324 Å². The SMILES string of the molecule is C1=CC2c3cc4c(cc3N(C3=NC5=C(CCC=C5)NC3c3cccc5c3oc3ccccc35)C2C=C1)C1(c2ccccc2Oc2ccccc21)c1ccccc1-4. The van der Waals surface area contributed by atoms with Gasteiger partial charge in [-0.1, -0.05) is 127 Å². The average Bonchev–Trinajstić information content (AvgIpc) is 3.89. The van der Waals surface area contributed by atoms with Gasteiger partial charge in [0.2, 0.25) is 0 Å². The topological polar surface area (TPSA) is 50.0 Å². The van der Waals surface area contributed by atoms with Crippen molar-refractivity contribution in [1.29, 1.82) is 0 Å². The standard InChI is InChI=1S/C51H35N3O2/c1-4-19-37-30(14-1)35-28-36-31-15-2-9-24-43(31)54(44(36)29-40(35)51(37)38-20-5-11-26-46(38)55-47-27-12-6-21-39(47)51)50-48(52-41-22-7-8-23-42(41)53-50)34-18-13-17-33-32-16-3-10-25-45(32)56-49(33)34/h1-6,8-21,23-29,31,43,48,52H,7,22H2. The lowest BCUT2D eigenvalue weighted by molar-refractivity contribution is 0.436. The third-order valence-corrected chi connectivity index (χ3v) is 13.0. The largest absolute Gasteiger partial charge is 0.457 e. The molecule has 0 amide bonds. The Bertz CT molecular complexity index is 2980. The highest BCUT2D eigenvalue weighted by molar-refractivity contribution is 6.11. The molecule has 0 fully saturated rings. The van der Waals surface area contributed by atoms with Crippen LogP contribution in [0.1, 0.15) is 58.2 Å². The quantitative estimate of drug-likeness (QED) is 0.183. The number of rotatable bonds is 1. The fourth-order valence-electron chi connectivity index (χ4n) is 10.7. The van der Waals surface area contributed by atoms with Gasteiger partial charge in [0.1, 0.15) is 34.5 Å². The Kier molecular flexibility index (Phi) is 6.05. The van der Waals surface area contributed by atoms with Crippen LogP contribution in [-0.4, -0.2) is 11.9 Å². The number of hydrogen-bond acceptors (Lipinski definition) is 5. The molecule has 3 aliphatic carbocycles. The highest BCUT2D eigenvalue weighted by atomic mass is 16.5. The number of nitrogens with one attached hydrogen (secondary N) is 1. The van der Waals surface area contributed by atoms with E-state index in [0.717, 1.165) is 63.4 Å². The lowest BCUT2D eigenvalue weighted by atomic mass is 9.66. The number of amidine groups is 1. The van der Waals surface area contributed by atoms with Crippen molar-refractivity contribution in [2.45, 2.75) is 36.3 Å². The fourth-order valence-corrected chi connectivity index (χ4v) is 10.7. The van der Waals surface area contributed by atoms with Gasteiger partial charge in [0.05, 0.1) is 17.2 Å². The zero-order valence-electron chi connectivity index (χ0n) is 30.4. The summed E-state index contributed by atoms with van der Waals surface area (Å²) < 4.78 is 13.4. The molecule has 1 aromatic heterocycles. The smallest absolute Gasteiger partial charge is 0.141 e. The number of nitrogens with zero attached hydrogens (tertiary/aromatic N) is 2. The number of benzene rings is 6. The van der Waals surface area contributed by atoms with E-state index in [2.05, 4.69) is 168 Å². The highest BCUT2D eigenvalue weighted by Gasteiger charge is 2.53. The Balaban J connectivity index is 1.09. The van der Waals surface area contributed by atoms with Crippen LogP contribution in [0, 0.1) is 0 Å². The molecule has 0 saturated carbocycles. The van der Waals surface area contributed by atoms with Gasteiger partial charge < -0.3 is 19.4 Å². The summed E-state index contributed by atoms with van der Waals surface area (Å²) in [6, 6.07) is 45.9. The molecule has 5 heteroatoms. The second-order valence-electron chi connectivity index (χ2n) is 15.7. The molecule has 6 aliphatic rings. The first-order valence-electron chi connectivity index (χ1n) is 19.7. The molecule has 0 saturated heterocycles. The Morgan fingerprint density at radius 2 is 1.43 bits per heavy atom. The maximum Gasteiger partial charge on any atom is 0.141 e. The predicted octanol–water partition coefficient (Wildman–Crippen LogP) is 11.8. The molecule has 1 N–H and O–H groups in total. The van der Waals surface area contributed by atoms with E-state index in [0.29, 0.717) is 0 Å². The Hall–Kier alpha value is -6.85. The molecule has 0 bridgehead atoms. The maximum absolute atomic E-state index is 6.72. The van der Waals surface area contributed by atoms with Gasteiger partial charge in [-0.05, 0) is 77.1 Å². The summed E-state index contributed by atoms with van der Waals surface area (Å²) in [7, 11) is 0. The van der Waals surface area contributed by atoms with Crippen molar-refractivity contribution in [1.82, 2.24) is 5.32 Å². The summed E-state index contributed by atoms with van der Waals surface area (Å²) in [5.74, 6) is 2.93. The van der Waals surface area contributed by atoms with Crippen molar-refractivity contribution in [3.05, 3.63) is 209 Å². The highest BCUT2D eigenvalue weighted by Crippen LogP contribution is 2.64. The molecule has 3 atom stereocenters. The third-order valence-electron chi connectivity index (χ3n) is 13.0. The molecule has 5 nitrogen and oxygen atoms in total. The van der Waals surface area contributed by atoms with Crippen LogP contribution in [-0.2, 0) is 5.41 Å². The van der Waals surface area contributed by atoms with Gasteiger partial charge in [-0.2, -0.15) is 0 Å². The van der Waals surface area contributed by atoms with Crippen LogP contribution in [0.2, 0.25) is 0 Å². The van der Waals surface area contributed by atoms with Crippen molar-refractivity contribution < 1.29 is 9.15 Å². The lowest BCUT2D eigenvalue weighted by Crippen LogP contribution is -2.47. The summed E-state index contributed by atoms with van der Waals surface area (Å²) in [6.07, 6.45) is 15.5. The maximum atomic E-state index is 6.72. The zero-order valence-corrected chi connectivity index (χ0v) is 30.4. The van der Waals surface area contributed by atoms with E-state index in [1.165, 1.54) is 50.3 Å². The van der Waals surface area contributed by atoms with Gasteiger partial charge in [0, 0.05) is 44.8 Å². The first-order chi connectivity index (χ1) is 27.8. The van der Waals surface area contributed by atoms with Crippen molar-refractivity contribution >= 4 is 33.5 Å². The van der Waals surface area contributed by atoms with E-state index in [-0.39, 0.29) is 18.0 Å². The molecule has 13 rings (SSSR count). The first kappa shape index (κ1) is 30.5. The molecule has 266 valence electrons. The molecule has 1 spiro atoms. The zero-order chi connectivity index (χ0) is 36.5. The molecule has 6 aromatic carbocycles. The predicted molar refractivity (Wildman–Crippen MR) is 224 cm³/mol. The minimum atomic E-state index is -0.564. The van der Waals surface area contributed by atoms with Crippen LogP contribution in [0.25, 0.3) is 33.1 Å². The van der Waals surface area contributed by atoms with Gasteiger partial charge in [-0.15, -0.1) is 0 Å². The van der Waals surface area contributed by atoms with Crippen LogP contribution in [0.5, 0.6) is 11.5 Å². The average molecular weight is 722 g/mol. The first-order valence-corrected chi connectivity index (χ1v) is 19.7. The molecular weight excluding hydrogens is 687 g/mol. The van der Waals surface area contributed by atoms with Crippen molar-refractivity contribution in [2.75, 3.05) is 4.90 Å². The van der Waals surface area contributed by atoms with Crippen LogP contribution in [0.4, 0.5) is 5.69 Å². The van der Waals surface area contributed by atoms with Crippen LogP contribution in [0.3, 0.4) is 0 Å². The molecule has 7 aromatic rings. The number of ether oxygens (including phenoxy) is 1. The minimum absolute atomic E-state index is 0.0469.